The van der Waals surface area contributed by atoms with Gasteiger partial charge in [0.15, 0.2) is 0 Å². The second-order valence-electron chi connectivity index (χ2n) is 6.51. The van der Waals surface area contributed by atoms with Gasteiger partial charge in [-0.05, 0) is 37.0 Å². The molecule has 0 saturated heterocycles. The Bertz CT molecular complexity index is 414. The lowest BCUT2D eigenvalue weighted by Gasteiger charge is -2.26. The van der Waals surface area contributed by atoms with Crippen LogP contribution in [0.2, 0.25) is 39.3 Å². The molecule has 0 heterocycles. The maximum Gasteiger partial charge on any atom is 0.139 e. The van der Waals surface area contributed by atoms with Crippen LogP contribution in [0.4, 0.5) is 8.78 Å². The molecule has 18 heavy (non-hydrogen) atoms. The van der Waals surface area contributed by atoms with Crippen molar-refractivity contribution in [2.24, 2.45) is 0 Å². The molecule has 0 aliphatic rings. The van der Waals surface area contributed by atoms with Crippen LogP contribution in [0.15, 0.2) is 8.95 Å². The van der Waals surface area contributed by atoms with Crippen molar-refractivity contribution in [3.8, 4) is 0 Å². The van der Waals surface area contributed by atoms with Gasteiger partial charge < -0.3 is 0 Å². The standard InChI is InChI=1S/C12H18Br2F2Si2/c1-17(2,3)11-7(13)9(15)12(18(4,5)6)10(16)8(11)14/h1-6H3. The highest BCUT2D eigenvalue weighted by Gasteiger charge is 2.34. The van der Waals surface area contributed by atoms with Crippen molar-refractivity contribution < 1.29 is 8.78 Å². The molecule has 0 aliphatic heterocycles. The monoisotopic (exact) mass is 414 g/mol. The van der Waals surface area contributed by atoms with Gasteiger partial charge in [0, 0.05) is 5.19 Å². The van der Waals surface area contributed by atoms with Gasteiger partial charge in [0.05, 0.1) is 25.1 Å². The third-order valence-corrected chi connectivity index (χ3v) is 8.92. The van der Waals surface area contributed by atoms with E-state index in [-0.39, 0.29) is 5.19 Å². The summed E-state index contributed by atoms with van der Waals surface area (Å²) in [6, 6.07) is 0. The van der Waals surface area contributed by atoms with Crippen molar-refractivity contribution in [3.63, 3.8) is 0 Å². The molecule has 0 spiro atoms. The van der Waals surface area contributed by atoms with Crippen molar-refractivity contribution >= 4 is 58.4 Å². The van der Waals surface area contributed by atoms with Gasteiger partial charge in [0.25, 0.3) is 0 Å². The van der Waals surface area contributed by atoms with Crippen LogP contribution >= 0.6 is 31.9 Å². The fourth-order valence-electron chi connectivity index (χ4n) is 1.95. The lowest BCUT2D eigenvalue weighted by molar-refractivity contribution is 0.590. The fourth-order valence-corrected chi connectivity index (χ4v) is 10.0. The lowest BCUT2D eigenvalue weighted by Crippen LogP contribution is -2.48. The lowest BCUT2D eigenvalue weighted by atomic mass is 10.3. The normalized spacial score (nSPS) is 13.0. The maximum atomic E-state index is 14.5. The van der Waals surface area contributed by atoms with Crippen molar-refractivity contribution in [1.82, 2.24) is 0 Å². The first-order chi connectivity index (χ1) is 7.89. The van der Waals surface area contributed by atoms with E-state index < -0.39 is 27.8 Å². The highest BCUT2D eigenvalue weighted by atomic mass is 79.9. The third-order valence-electron chi connectivity index (χ3n) is 2.76. The summed E-state index contributed by atoms with van der Waals surface area (Å²) in [7, 11) is -3.89. The smallest absolute Gasteiger partial charge is 0.139 e. The number of rotatable bonds is 2. The molecule has 0 radical (unpaired) electrons. The van der Waals surface area contributed by atoms with E-state index in [9.17, 15) is 8.78 Å². The molecule has 1 rings (SSSR count). The molecule has 0 N–H and O–H groups in total. The SMILES string of the molecule is C[Si](C)(C)c1c(F)c(Br)c([Si](C)(C)C)c(Br)c1F. The first-order valence-corrected chi connectivity index (χ1v) is 14.3. The molecule has 1 aromatic rings. The van der Waals surface area contributed by atoms with E-state index in [0.717, 1.165) is 5.19 Å². The van der Waals surface area contributed by atoms with Crippen LogP contribution in [-0.4, -0.2) is 16.1 Å². The zero-order valence-corrected chi connectivity index (χ0v) is 16.7. The zero-order chi connectivity index (χ0) is 14.5. The molecule has 0 aliphatic carbocycles. The molecule has 0 atom stereocenters. The van der Waals surface area contributed by atoms with Gasteiger partial charge in [0.2, 0.25) is 0 Å². The van der Waals surface area contributed by atoms with Gasteiger partial charge in [-0.25, -0.2) is 8.78 Å². The Morgan fingerprint density at radius 2 is 0.944 bits per heavy atom. The Kier molecular flexibility index (Phi) is 4.69. The van der Waals surface area contributed by atoms with Crippen LogP contribution in [0, 0.1) is 11.6 Å². The molecule has 102 valence electrons. The van der Waals surface area contributed by atoms with Gasteiger partial charge in [0.1, 0.15) is 11.6 Å². The van der Waals surface area contributed by atoms with Gasteiger partial charge >= 0.3 is 0 Å². The second-order valence-corrected chi connectivity index (χ2v) is 18.1. The van der Waals surface area contributed by atoms with E-state index in [4.69, 9.17) is 0 Å². The maximum absolute atomic E-state index is 14.5. The van der Waals surface area contributed by atoms with Crippen LogP contribution in [0.1, 0.15) is 0 Å². The Morgan fingerprint density at radius 1 is 0.667 bits per heavy atom. The topological polar surface area (TPSA) is 0 Å². The molecule has 0 fully saturated rings. The summed E-state index contributed by atoms with van der Waals surface area (Å²) in [5, 5.41) is 1.04. The van der Waals surface area contributed by atoms with Gasteiger partial charge in [-0.3, -0.25) is 0 Å². The first-order valence-electron chi connectivity index (χ1n) is 5.76. The predicted molar refractivity (Wildman–Crippen MR) is 87.7 cm³/mol. The number of benzene rings is 1. The Balaban J connectivity index is 3.79. The highest BCUT2D eigenvalue weighted by Crippen LogP contribution is 2.26. The molecule has 0 saturated carbocycles. The van der Waals surface area contributed by atoms with Gasteiger partial charge in [-0.2, -0.15) is 0 Å². The van der Waals surface area contributed by atoms with Crippen molar-refractivity contribution in [2.75, 3.05) is 0 Å². The van der Waals surface area contributed by atoms with Crippen LogP contribution in [0.3, 0.4) is 0 Å². The molecule has 1 aromatic carbocycles. The molecule has 0 aromatic heterocycles. The molecular formula is C12H18Br2F2Si2. The summed E-state index contributed by atoms with van der Waals surface area (Å²) in [6.45, 7) is 12.1. The summed E-state index contributed by atoms with van der Waals surface area (Å²) in [5.74, 6) is -0.820. The molecular weight excluding hydrogens is 398 g/mol. The number of halogens is 4. The fraction of sp³-hybridized carbons (Fsp3) is 0.500. The van der Waals surface area contributed by atoms with Crippen LogP contribution in [0.5, 0.6) is 0 Å². The Labute approximate surface area is 126 Å². The minimum Gasteiger partial charge on any atom is -0.206 e. The van der Waals surface area contributed by atoms with E-state index in [2.05, 4.69) is 51.5 Å². The summed E-state index contributed by atoms with van der Waals surface area (Å²) < 4.78 is 29.8. The third kappa shape index (κ3) is 2.96. The summed E-state index contributed by atoms with van der Waals surface area (Å²) in [5.41, 5.74) is 0. The molecule has 0 nitrogen and oxygen atoms in total. The second kappa shape index (κ2) is 5.11. The van der Waals surface area contributed by atoms with E-state index in [1.54, 1.807) is 0 Å². The van der Waals surface area contributed by atoms with E-state index in [1.807, 2.05) is 19.6 Å². The van der Waals surface area contributed by atoms with Gasteiger partial charge in [-0.15, -0.1) is 0 Å². The minimum atomic E-state index is -2.06. The van der Waals surface area contributed by atoms with Crippen molar-refractivity contribution in [3.05, 3.63) is 20.6 Å². The van der Waals surface area contributed by atoms with Crippen molar-refractivity contribution in [1.29, 1.82) is 0 Å². The average Bonchev–Trinajstić information content (AvgIpc) is 2.10. The highest BCUT2D eigenvalue weighted by molar-refractivity contribution is 9.11. The zero-order valence-electron chi connectivity index (χ0n) is 11.5. The largest absolute Gasteiger partial charge is 0.206 e. The summed E-state index contributed by atoms with van der Waals surface area (Å²) in [4.78, 5) is 0. The Morgan fingerprint density at radius 3 is 1.17 bits per heavy atom. The average molecular weight is 416 g/mol. The van der Waals surface area contributed by atoms with Crippen LogP contribution in [0.25, 0.3) is 0 Å². The quantitative estimate of drug-likeness (QED) is 0.489. The number of hydrogen-bond donors (Lipinski definition) is 0. The van der Waals surface area contributed by atoms with Gasteiger partial charge in [-0.1, -0.05) is 39.3 Å². The van der Waals surface area contributed by atoms with Crippen LogP contribution in [-0.2, 0) is 0 Å². The van der Waals surface area contributed by atoms with E-state index in [1.165, 1.54) is 0 Å². The summed E-state index contributed by atoms with van der Waals surface area (Å²) >= 11 is 6.66. The first kappa shape index (κ1) is 16.5. The molecule has 0 amide bonds. The van der Waals surface area contributed by atoms with Crippen molar-refractivity contribution in [2.45, 2.75) is 39.3 Å². The Hall–Kier alpha value is 0.474. The molecule has 0 unspecified atom stereocenters. The van der Waals surface area contributed by atoms with Crippen LogP contribution < -0.4 is 10.4 Å². The minimum absolute atomic E-state index is 0.267. The predicted octanol–water partition coefficient (Wildman–Crippen LogP) is 4.58. The van der Waals surface area contributed by atoms with E-state index >= 15 is 0 Å². The molecule has 6 heteroatoms. The number of hydrogen-bond acceptors (Lipinski definition) is 0. The molecule has 0 bridgehead atoms. The van der Waals surface area contributed by atoms with E-state index in [0.29, 0.717) is 8.95 Å². The summed E-state index contributed by atoms with van der Waals surface area (Å²) in [6.07, 6.45) is 0.